The van der Waals surface area contributed by atoms with E-state index in [2.05, 4.69) is 79.9 Å². The molecule has 1 atom stereocenters. The molecule has 2 fully saturated rings. The minimum absolute atomic E-state index is 0.107. The molecule has 8 heteroatoms. The van der Waals surface area contributed by atoms with Gasteiger partial charge in [0.05, 0.1) is 11.0 Å². The third-order valence-corrected chi connectivity index (χ3v) is 10.4. The number of benzene rings is 1. The van der Waals surface area contributed by atoms with E-state index < -0.39 is 11.6 Å². The molecule has 1 aliphatic carbocycles. The van der Waals surface area contributed by atoms with E-state index in [4.69, 9.17) is 0 Å². The zero-order chi connectivity index (χ0) is 33.9. The van der Waals surface area contributed by atoms with E-state index in [0.717, 1.165) is 78.9 Å². The van der Waals surface area contributed by atoms with Crippen LogP contribution in [0, 0.1) is 23.5 Å². The molecule has 1 aromatic heterocycles. The number of hydrogen-bond donors (Lipinski definition) is 1. The van der Waals surface area contributed by atoms with Crippen LogP contribution >= 0.6 is 11.9 Å². The molecule has 2 aromatic rings. The Labute approximate surface area is 286 Å². The Morgan fingerprint density at radius 2 is 1.91 bits per heavy atom. The second-order valence-corrected chi connectivity index (χ2v) is 14.0. The predicted octanol–water partition coefficient (Wildman–Crippen LogP) is 8.55. The Balaban J connectivity index is 1.81. The van der Waals surface area contributed by atoms with Gasteiger partial charge in [-0.05, 0) is 88.0 Å². The highest BCUT2D eigenvalue weighted by atomic mass is 32.2. The van der Waals surface area contributed by atoms with Crippen LogP contribution < -0.4 is 15.3 Å². The number of aliphatic imine (C=N–C) groups is 1. The first kappa shape index (κ1) is 36.7. The van der Waals surface area contributed by atoms with Gasteiger partial charge in [0.25, 0.3) is 0 Å². The molecule has 1 saturated carbocycles. The van der Waals surface area contributed by atoms with E-state index in [-0.39, 0.29) is 11.4 Å². The quantitative estimate of drug-likeness (QED) is 0.0845. The molecule has 4 rings (SSSR count). The summed E-state index contributed by atoms with van der Waals surface area (Å²) in [5, 5.41) is 1.61. The van der Waals surface area contributed by atoms with E-state index in [1.165, 1.54) is 43.5 Å². The minimum Gasteiger partial charge on any atom is -0.375 e. The van der Waals surface area contributed by atoms with Gasteiger partial charge in [0, 0.05) is 79.1 Å². The van der Waals surface area contributed by atoms with Crippen molar-refractivity contribution in [3.8, 4) is 5.69 Å². The summed E-state index contributed by atoms with van der Waals surface area (Å²) < 4.78 is 36.7. The summed E-state index contributed by atoms with van der Waals surface area (Å²) in [4.78, 5) is 9.59. The van der Waals surface area contributed by atoms with Crippen molar-refractivity contribution in [1.29, 1.82) is 0 Å². The number of anilines is 1. The number of allylic oxidation sites excluding steroid dienone is 4. The van der Waals surface area contributed by atoms with Crippen LogP contribution in [-0.2, 0) is 0 Å². The number of rotatable bonds is 16. The fraction of sp³-hybridized carbons (Fsp3) is 0.513. The smallest absolute Gasteiger partial charge is 0.174 e. The molecule has 1 aliphatic heterocycles. The highest BCUT2D eigenvalue weighted by molar-refractivity contribution is 8.00. The van der Waals surface area contributed by atoms with E-state index in [1.807, 2.05) is 18.5 Å². The van der Waals surface area contributed by atoms with E-state index >= 15 is 8.78 Å². The summed E-state index contributed by atoms with van der Waals surface area (Å²) in [6, 6.07) is 3.28. The molecule has 0 amide bonds. The van der Waals surface area contributed by atoms with Gasteiger partial charge in [-0.3, -0.25) is 4.99 Å². The van der Waals surface area contributed by atoms with Crippen molar-refractivity contribution in [2.75, 3.05) is 37.2 Å². The first-order valence-electron chi connectivity index (χ1n) is 17.5. The van der Waals surface area contributed by atoms with Crippen molar-refractivity contribution in [2.24, 2.45) is 16.8 Å². The molecule has 0 spiro atoms. The molecule has 1 N–H and O–H groups in total. The Kier molecular flexibility index (Phi) is 14.0. The fourth-order valence-electron chi connectivity index (χ4n) is 5.98. The van der Waals surface area contributed by atoms with Gasteiger partial charge in [0.2, 0.25) is 0 Å². The van der Waals surface area contributed by atoms with Gasteiger partial charge in [0.1, 0.15) is 11.5 Å². The predicted molar refractivity (Wildman–Crippen MR) is 200 cm³/mol. The average Bonchev–Trinajstić information content (AvgIpc) is 3.83. The number of nitrogens with zero attached hydrogens (tertiary/aromatic N) is 4. The summed E-state index contributed by atoms with van der Waals surface area (Å²) in [5.74, 6) is 0.827. The summed E-state index contributed by atoms with van der Waals surface area (Å²) in [5.41, 5.74) is 2.90. The van der Waals surface area contributed by atoms with Gasteiger partial charge >= 0.3 is 0 Å². The van der Waals surface area contributed by atoms with Gasteiger partial charge in [-0.15, -0.1) is 0 Å². The number of aromatic nitrogens is 1. The van der Waals surface area contributed by atoms with Crippen molar-refractivity contribution in [1.82, 2.24) is 14.4 Å². The lowest BCUT2D eigenvalue weighted by molar-refractivity contribution is 0.145. The van der Waals surface area contributed by atoms with Crippen LogP contribution in [0.5, 0.6) is 0 Å². The van der Waals surface area contributed by atoms with Crippen molar-refractivity contribution < 1.29 is 8.78 Å². The fourth-order valence-corrected chi connectivity index (χ4v) is 6.60. The summed E-state index contributed by atoms with van der Waals surface area (Å²) in [7, 11) is 2.17. The highest BCUT2D eigenvalue weighted by Gasteiger charge is 2.28. The number of piperidine rings is 1. The van der Waals surface area contributed by atoms with E-state index in [0.29, 0.717) is 17.3 Å². The standard InChI is InChI=1S/C39H55F2N5S/c1-8-12-33-34(31(11-4)25-42-24-28(5)10-3)27-46(39-35(40)16-17-36(38(39)41)43-47-23-9-2)37(33)18-13-29(6)44(7)32-19-21-45(22-20-32)26-30-14-15-30/h11-13,16-18,24-25,27-28,30,32,43H,4,8-10,14-15,19-23,26H2,1-3,5-7H3/b29-13+,31-25+,33-12+,37-18+,42-24?. The molecule has 1 saturated heterocycles. The van der Waals surface area contributed by atoms with Crippen LogP contribution in [0.1, 0.15) is 85.1 Å². The highest BCUT2D eigenvalue weighted by Crippen LogP contribution is 2.31. The molecule has 1 unspecified atom stereocenters. The van der Waals surface area contributed by atoms with Gasteiger partial charge in [0.15, 0.2) is 5.82 Å². The van der Waals surface area contributed by atoms with Gasteiger partial charge in [-0.1, -0.05) is 58.4 Å². The minimum atomic E-state index is -0.623. The molecular weight excluding hydrogens is 609 g/mol. The zero-order valence-electron chi connectivity index (χ0n) is 29.4. The Morgan fingerprint density at radius 1 is 1.17 bits per heavy atom. The van der Waals surface area contributed by atoms with Crippen molar-refractivity contribution in [3.63, 3.8) is 0 Å². The molecule has 1 aromatic carbocycles. The van der Waals surface area contributed by atoms with Gasteiger partial charge in [-0.25, -0.2) is 8.78 Å². The maximum absolute atomic E-state index is 16.2. The second-order valence-electron chi connectivity index (χ2n) is 13.1. The first-order valence-corrected chi connectivity index (χ1v) is 18.5. The Hall–Kier alpha value is -3.10. The topological polar surface area (TPSA) is 35.8 Å². The Morgan fingerprint density at radius 3 is 2.55 bits per heavy atom. The van der Waals surface area contributed by atoms with E-state index in [1.54, 1.807) is 16.8 Å². The third kappa shape index (κ3) is 9.73. The molecule has 0 bridgehead atoms. The largest absolute Gasteiger partial charge is 0.375 e. The van der Waals surface area contributed by atoms with E-state index in [9.17, 15) is 0 Å². The lowest BCUT2D eigenvalue weighted by Crippen LogP contribution is -2.43. The summed E-state index contributed by atoms with van der Waals surface area (Å²) >= 11 is 1.42. The molecule has 0 radical (unpaired) electrons. The van der Waals surface area contributed by atoms with Gasteiger partial charge < -0.3 is 19.1 Å². The monoisotopic (exact) mass is 663 g/mol. The lowest BCUT2D eigenvalue weighted by Gasteiger charge is -2.38. The lowest BCUT2D eigenvalue weighted by atomic mass is 10.0. The molecule has 2 aliphatic rings. The second kappa shape index (κ2) is 17.9. The SMILES string of the molecule is C=C/C(=C\N=CC(C)CC)c1cn(-c2c(F)ccc(NSCCC)c2F)c(=C/C=C(\C)N(C)C2CCN(CC3CC3)CC2)/c1=C/CC. The normalized spacial score (nSPS) is 18.4. The van der Waals surface area contributed by atoms with Crippen LogP contribution in [0.2, 0.25) is 0 Å². The maximum Gasteiger partial charge on any atom is 0.174 e. The summed E-state index contributed by atoms with van der Waals surface area (Å²) in [6.07, 6.45) is 21.3. The van der Waals surface area contributed by atoms with Crippen LogP contribution in [0.25, 0.3) is 23.4 Å². The molecule has 256 valence electrons. The van der Waals surface area contributed by atoms with Crippen molar-refractivity contribution >= 4 is 41.6 Å². The number of hydrogen-bond acceptors (Lipinski definition) is 5. The summed E-state index contributed by atoms with van der Waals surface area (Å²) in [6.45, 7) is 18.1. The number of halogens is 2. The Bertz CT molecular complexity index is 1560. The number of nitrogens with one attached hydrogen (secondary N) is 1. The van der Waals surface area contributed by atoms with Crippen molar-refractivity contribution in [2.45, 2.75) is 85.6 Å². The average molecular weight is 664 g/mol. The van der Waals surface area contributed by atoms with Crippen LogP contribution in [-0.4, -0.2) is 59.1 Å². The van der Waals surface area contributed by atoms with Crippen molar-refractivity contribution in [3.05, 3.63) is 76.7 Å². The van der Waals surface area contributed by atoms with Crippen LogP contribution in [0.15, 0.2) is 53.9 Å². The third-order valence-electron chi connectivity index (χ3n) is 9.37. The van der Waals surface area contributed by atoms with Crippen LogP contribution in [0.3, 0.4) is 0 Å². The first-order chi connectivity index (χ1) is 22.7. The molecule has 2 heterocycles. The van der Waals surface area contributed by atoms with Crippen LogP contribution in [0.4, 0.5) is 14.5 Å². The maximum atomic E-state index is 16.2. The molecule has 5 nitrogen and oxygen atoms in total. The van der Waals surface area contributed by atoms with Gasteiger partial charge in [-0.2, -0.15) is 0 Å². The zero-order valence-corrected chi connectivity index (χ0v) is 30.2. The number of likely N-dealkylation sites (tertiary alicyclic amines) is 1. The molecule has 47 heavy (non-hydrogen) atoms. The molecular formula is C39H55F2N5S.